The first-order chi connectivity index (χ1) is 22.7. The van der Waals surface area contributed by atoms with Crippen LogP contribution in [0.1, 0.15) is 66.0 Å². The number of hydrogen-bond donors (Lipinski definition) is 2. The highest BCUT2D eigenvalue weighted by Gasteiger charge is 2.41. The van der Waals surface area contributed by atoms with Gasteiger partial charge in [-0.05, 0) is 48.7 Å². The first-order valence-corrected chi connectivity index (χ1v) is 14.5. The van der Waals surface area contributed by atoms with Crippen LogP contribution in [0.25, 0.3) is 0 Å². The SMILES string of the molecule is CC[C@@H]1C[C@H](Nc2ncc(N(C)C)c(Cc3cc(C(F)(F)F)cc(C(F)(F)F)c3)n2)c2nc(C(F)(F)F)ccc2N1C(=O)OCCC(=O)O. The number of carbonyl (C=O) groups is 2. The molecule has 266 valence electrons. The van der Waals surface area contributed by atoms with Crippen molar-refractivity contribution in [3.63, 3.8) is 0 Å². The largest absolute Gasteiger partial charge is 0.481 e. The Labute approximate surface area is 272 Å². The number of aliphatic carboxylic acids is 1. The van der Waals surface area contributed by atoms with Crippen molar-refractivity contribution in [1.29, 1.82) is 0 Å². The van der Waals surface area contributed by atoms with E-state index in [9.17, 15) is 49.1 Å². The second-order valence-corrected chi connectivity index (χ2v) is 11.2. The molecule has 4 rings (SSSR count). The Morgan fingerprint density at radius 2 is 1.61 bits per heavy atom. The summed E-state index contributed by atoms with van der Waals surface area (Å²) in [4.78, 5) is 38.7. The highest BCUT2D eigenvalue weighted by molar-refractivity contribution is 5.90. The average molecular weight is 709 g/mol. The lowest BCUT2D eigenvalue weighted by atomic mass is 9.93. The molecule has 49 heavy (non-hydrogen) atoms. The molecule has 2 aromatic heterocycles. The lowest BCUT2D eigenvalue weighted by Crippen LogP contribution is -2.46. The minimum atomic E-state index is -5.08. The minimum absolute atomic E-state index is 0.00124. The summed E-state index contributed by atoms with van der Waals surface area (Å²) in [6.07, 6.45) is -15.6. The van der Waals surface area contributed by atoms with Crippen LogP contribution in [0.2, 0.25) is 0 Å². The summed E-state index contributed by atoms with van der Waals surface area (Å²) in [5.41, 5.74) is -4.78. The van der Waals surface area contributed by atoms with E-state index in [1.54, 1.807) is 21.0 Å². The van der Waals surface area contributed by atoms with Crippen molar-refractivity contribution in [2.45, 2.75) is 63.2 Å². The van der Waals surface area contributed by atoms with Crippen molar-refractivity contribution in [3.05, 3.63) is 70.3 Å². The van der Waals surface area contributed by atoms with E-state index in [0.29, 0.717) is 18.2 Å². The number of carboxylic acids is 1. The van der Waals surface area contributed by atoms with Crippen molar-refractivity contribution in [2.24, 2.45) is 0 Å². The molecule has 0 spiro atoms. The zero-order valence-electron chi connectivity index (χ0n) is 26.0. The molecule has 1 aliphatic heterocycles. The van der Waals surface area contributed by atoms with E-state index in [4.69, 9.17) is 9.84 Å². The number of benzene rings is 1. The van der Waals surface area contributed by atoms with Gasteiger partial charge in [0.1, 0.15) is 12.3 Å². The van der Waals surface area contributed by atoms with Gasteiger partial charge in [0.05, 0.1) is 52.5 Å². The number of halogens is 9. The fourth-order valence-electron chi connectivity index (χ4n) is 5.25. The molecule has 19 heteroatoms. The van der Waals surface area contributed by atoms with Gasteiger partial charge in [0.15, 0.2) is 0 Å². The van der Waals surface area contributed by atoms with Gasteiger partial charge in [0.25, 0.3) is 0 Å². The van der Waals surface area contributed by atoms with Crippen LogP contribution in [-0.2, 0) is 34.5 Å². The average Bonchev–Trinajstić information content (AvgIpc) is 2.98. The van der Waals surface area contributed by atoms with Crippen LogP contribution in [-0.4, -0.2) is 58.9 Å². The number of nitrogens with zero attached hydrogens (tertiary/aromatic N) is 5. The maximum atomic E-state index is 13.7. The van der Waals surface area contributed by atoms with Crippen molar-refractivity contribution in [1.82, 2.24) is 15.0 Å². The van der Waals surface area contributed by atoms with Crippen LogP contribution in [0, 0.1) is 0 Å². The lowest BCUT2D eigenvalue weighted by molar-refractivity contribution is -0.143. The first kappa shape index (κ1) is 37.0. The second-order valence-electron chi connectivity index (χ2n) is 11.2. The third kappa shape index (κ3) is 8.80. The van der Waals surface area contributed by atoms with E-state index >= 15 is 0 Å². The smallest absolute Gasteiger partial charge is 0.433 e. The molecule has 0 saturated carbocycles. The maximum Gasteiger partial charge on any atom is 0.433 e. The Bertz CT molecular complexity index is 1660. The lowest BCUT2D eigenvalue weighted by Gasteiger charge is -2.39. The number of anilines is 3. The molecule has 3 heterocycles. The second kappa shape index (κ2) is 13.9. The number of ether oxygens (including phenoxy) is 1. The molecular formula is C30H29F9N6O4. The molecule has 0 radical (unpaired) electrons. The summed E-state index contributed by atoms with van der Waals surface area (Å²) in [6, 6.07) is 1.05. The monoisotopic (exact) mass is 708 g/mol. The van der Waals surface area contributed by atoms with Gasteiger partial charge in [-0.1, -0.05) is 6.92 Å². The number of nitrogens with one attached hydrogen (secondary N) is 1. The molecule has 2 atom stereocenters. The number of carbonyl (C=O) groups excluding carboxylic acids is 1. The van der Waals surface area contributed by atoms with Crippen molar-refractivity contribution in [3.8, 4) is 0 Å². The molecule has 0 bridgehead atoms. The van der Waals surface area contributed by atoms with Crippen LogP contribution < -0.4 is 15.1 Å². The first-order valence-electron chi connectivity index (χ1n) is 14.5. The Hall–Kier alpha value is -4.84. The summed E-state index contributed by atoms with van der Waals surface area (Å²) in [7, 11) is 3.08. The molecule has 0 saturated heterocycles. The number of rotatable bonds is 9. The van der Waals surface area contributed by atoms with Gasteiger partial charge in [-0.3, -0.25) is 9.69 Å². The Balaban J connectivity index is 1.76. The molecule has 0 aliphatic carbocycles. The minimum Gasteiger partial charge on any atom is -0.481 e. The predicted molar refractivity (Wildman–Crippen MR) is 156 cm³/mol. The van der Waals surface area contributed by atoms with E-state index in [-0.39, 0.29) is 53.2 Å². The molecule has 1 aliphatic rings. The number of aromatic nitrogens is 3. The molecule has 1 amide bonds. The number of carboxylic acid groups (broad SMARTS) is 1. The standard InChI is InChI=1S/C30H29F9N6O4/c1-4-18-13-20(25-21(5-6-23(43-25)30(37,38)39)45(18)27(48)49-8-7-24(46)47)42-26-40-14-22(44(2)3)19(41-26)11-15-9-16(28(31,32)33)12-17(10-15)29(34,35)36/h5-6,9-10,12,14,18,20H,4,7-8,11,13H2,1-3H3,(H,46,47)(H,40,41,42)/t18-,20+/m1/s1. The van der Waals surface area contributed by atoms with Crippen LogP contribution in [0.3, 0.4) is 0 Å². The third-order valence-corrected chi connectivity index (χ3v) is 7.51. The number of pyridine rings is 1. The van der Waals surface area contributed by atoms with Crippen LogP contribution in [0.4, 0.5) is 61.6 Å². The van der Waals surface area contributed by atoms with Crippen molar-refractivity contribution in [2.75, 3.05) is 35.8 Å². The number of alkyl halides is 9. The number of amides is 1. The number of hydrogen-bond acceptors (Lipinski definition) is 8. The van der Waals surface area contributed by atoms with Gasteiger partial charge >= 0.3 is 30.6 Å². The molecule has 0 fully saturated rings. The Kier molecular flexibility index (Phi) is 10.5. The quantitative estimate of drug-likeness (QED) is 0.220. The van der Waals surface area contributed by atoms with Gasteiger partial charge in [-0.25, -0.2) is 19.7 Å². The fourth-order valence-corrected chi connectivity index (χ4v) is 5.25. The number of fused-ring (bicyclic) bond motifs is 1. The summed E-state index contributed by atoms with van der Waals surface area (Å²) in [5.74, 6) is -1.47. The summed E-state index contributed by atoms with van der Waals surface area (Å²) in [5, 5.41) is 11.8. The molecule has 0 unspecified atom stereocenters. The van der Waals surface area contributed by atoms with E-state index in [0.717, 1.165) is 11.0 Å². The fraction of sp³-hybridized carbons (Fsp3) is 0.433. The van der Waals surface area contributed by atoms with Crippen LogP contribution >= 0.6 is 0 Å². The molecule has 2 N–H and O–H groups in total. The highest BCUT2D eigenvalue weighted by atomic mass is 19.4. The normalized spacial score (nSPS) is 16.6. The van der Waals surface area contributed by atoms with Gasteiger partial charge in [-0.15, -0.1) is 0 Å². The highest BCUT2D eigenvalue weighted by Crippen LogP contribution is 2.42. The molecule has 3 aromatic rings. The Morgan fingerprint density at radius 3 is 2.14 bits per heavy atom. The molecular weight excluding hydrogens is 679 g/mol. The van der Waals surface area contributed by atoms with Gasteiger partial charge in [-0.2, -0.15) is 39.5 Å². The summed E-state index contributed by atoms with van der Waals surface area (Å²) < 4.78 is 127. The zero-order valence-corrected chi connectivity index (χ0v) is 26.0. The molecule has 10 nitrogen and oxygen atoms in total. The van der Waals surface area contributed by atoms with E-state index in [1.165, 1.54) is 11.1 Å². The van der Waals surface area contributed by atoms with Crippen LogP contribution in [0.15, 0.2) is 36.5 Å². The van der Waals surface area contributed by atoms with E-state index in [2.05, 4.69) is 20.3 Å². The summed E-state index contributed by atoms with van der Waals surface area (Å²) in [6.45, 7) is 1.18. The van der Waals surface area contributed by atoms with Gasteiger partial charge in [0, 0.05) is 26.6 Å². The predicted octanol–water partition coefficient (Wildman–Crippen LogP) is 7.34. The zero-order chi connectivity index (χ0) is 36.5. The molecule has 1 aromatic carbocycles. The van der Waals surface area contributed by atoms with Gasteiger partial charge < -0.3 is 20.1 Å². The Morgan fingerprint density at radius 1 is 0.980 bits per heavy atom. The van der Waals surface area contributed by atoms with Crippen molar-refractivity contribution >= 4 is 29.4 Å². The topological polar surface area (TPSA) is 121 Å². The van der Waals surface area contributed by atoms with Gasteiger partial charge in [0.2, 0.25) is 5.95 Å². The summed E-state index contributed by atoms with van der Waals surface area (Å²) >= 11 is 0. The van der Waals surface area contributed by atoms with Crippen LogP contribution in [0.5, 0.6) is 0 Å². The van der Waals surface area contributed by atoms with Crippen molar-refractivity contribution < 1.29 is 58.9 Å². The third-order valence-electron chi connectivity index (χ3n) is 7.51. The van der Waals surface area contributed by atoms with E-state index in [1.807, 2.05) is 0 Å². The van der Waals surface area contributed by atoms with E-state index < -0.39 is 78.9 Å². The maximum absolute atomic E-state index is 13.7.